The van der Waals surface area contributed by atoms with Crippen LogP contribution in [0.3, 0.4) is 0 Å². The van der Waals surface area contributed by atoms with Crippen molar-refractivity contribution in [3.05, 3.63) is 66.2 Å². The number of fused-ring (bicyclic) bond motifs is 2. The standard InChI is InChI=1S/C23H21N5O2S/c1-30-18-10-8-16(9-11-18)19-12-13-21-24-25-23(28(21)26-19)31-15-22(29)27-14-4-6-17-5-2-3-7-20(17)27/h2-3,5,7-13H,4,6,14-15H2,1H3. The number of carbonyl (C=O) groups excluding carboxylic acids is 1. The molecule has 2 aromatic carbocycles. The highest BCUT2D eigenvalue weighted by molar-refractivity contribution is 7.99. The lowest BCUT2D eigenvalue weighted by Gasteiger charge is -2.29. The summed E-state index contributed by atoms with van der Waals surface area (Å²) >= 11 is 1.36. The number of amides is 1. The molecule has 156 valence electrons. The summed E-state index contributed by atoms with van der Waals surface area (Å²) in [5.74, 6) is 1.15. The van der Waals surface area contributed by atoms with Crippen LogP contribution in [0.2, 0.25) is 0 Å². The number of methoxy groups -OCH3 is 1. The summed E-state index contributed by atoms with van der Waals surface area (Å²) in [5, 5.41) is 13.7. The number of rotatable bonds is 5. The van der Waals surface area contributed by atoms with Crippen LogP contribution in [0.1, 0.15) is 12.0 Å². The molecule has 0 bridgehead atoms. The van der Waals surface area contributed by atoms with Crippen LogP contribution in [0, 0.1) is 0 Å². The first-order chi connectivity index (χ1) is 15.2. The lowest BCUT2D eigenvalue weighted by atomic mass is 10.0. The number of benzene rings is 2. The van der Waals surface area contributed by atoms with Gasteiger partial charge in [-0.15, -0.1) is 10.2 Å². The van der Waals surface area contributed by atoms with Crippen molar-refractivity contribution in [2.45, 2.75) is 18.0 Å². The van der Waals surface area contributed by atoms with Gasteiger partial charge in [0.25, 0.3) is 0 Å². The molecule has 31 heavy (non-hydrogen) atoms. The van der Waals surface area contributed by atoms with Crippen LogP contribution in [0.5, 0.6) is 5.75 Å². The zero-order valence-electron chi connectivity index (χ0n) is 17.1. The molecule has 0 fully saturated rings. The molecule has 8 heteroatoms. The third kappa shape index (κ3) is 3.86. The largest absolute Gasteiger partial charge is 0.497 e. The van der Waals surface area contributed by atoms with Crippen LogP contribution in [0.25, 0.3) is 16.9 Å². The van der Waals surface area contributed by atoms with Crippen molar-refractivity contribution in [1.29, 1.82) is 0 Å². The molecule has 4 aromatic rings. The monoisotopic (exact) mass is 431 g/mol. The second kappa shape index (κ2) is 8.39. The fourth-order valence-electron chi connectivity index (χ4n) is 3.77. The average Bonchev–Trinajstić information content (AvgIpc) is 3.24. The quantitative estimate of drug-likeness (QED) is 0.447. The van der Waals surface area contributed by atoms with Gasteiger partial charge in [-0.05, 0) is 60.9 Å². The number of hydrogen-bond acceptors (Lipinski definition) is 6. The number of hydrogen-bond donors (Lipinski definition) is 0. The van der Waals surface area contributed by atoms with E-state index in [0.717, 1.165) is 42.1 Å². The zero-order valence-corrected chi connectivity index (χ0v) is 17.9. The highest BCUT2D eigenvalue weighted by atomic mass is 32.2. The van der Waals surface area contributed by atoms with Crippen molar-refractivity contribution in [2.75, 3.05) is 24.3 Å². The Morgan fingerprint density at radius 2 is 1.90 bits per heavy atom. The molecule has 0 saturated heterocycles. The van der Waals surface area contributed by atoms with E-state index in [2.05, 4.69) is 16.3 Å². The van der Waals surface area contributed by atoms with E-state index in [4.69, 9.17) is 9.84 Å². The molecule has 2 aromatic heterocycles. The summed E-state index contributed by atoms with van der Waals surface area (Å²) in [6, 6.07) is 19.6. The van der Waals surface area contributed by atoms with Crippen molar-refractivity contribution in [3.8, 4) is 17.0 Å². The minimum atomic E-state index is 0.0696. The number of thioether (sulfide) groups is 1. The van der Waals surface area contributed by atoms with Crippen LogP contribution in [0.4, 0.5) is 5.69 Å². The Bertz CT molecular complexity index is 1240. The van der Waals surface area contributed by atoms with Gasteiger partial charge in [0.15, 0.2) is 5.65 Å². The SMILES string of the molecule is COc1ccc(-c2ccc3nnc(SCC(=O)N4CCCc5ccccc54)n3n2)cc1. The zero-order chi connectivity index (χ0) is 21.2. The van der Waals surface area contributed by atoms with Gasteiger partial charge < -0.3 is 9.64 Å². The maximum Gasteiger partial charge on any atom is 0.237 e. The number of nitrogens with zero attached hydrogens (tertiary/aromatic N) is 5. The number of para-hydroxylation sites is 1. The Morgan fingerprint density at radius 1 is 1.06 bits per heavy atom. The molecule has 1 aliphatic heterocycles. The van der Waals surface area contributed by atoms with Gasteiger partial charge in [0, 0.05) is 17.8 Å². The number of aromatic nitrogens is 4. The minimum Gasteiger partial charge on any atom is -0.497 e. The van der Waals surface area contributed by atoms with Gasteiger partial charge >= 0.3 is 0 Å². The average molecular weight is 432 g/mol. The molecule has 0 spiro atoms. The van der Waals surface area contributed by atoms with Gasteiger partial charge in [-0.2, -0.15) is 9.61 Å². The van der Waals surface area contributed by atoms with Crippen LogP contribution in [-0.4, -0.2) is 45.1 Å². The summed E-state index contributed by atoms with van der Waals surface area (Å²) in [4.78, 5) is 14.8. The number of carbonyl (C=O) groups is 1. The molecule has 5 rings (SSSR count). The smallest absolute Gasteiger partial charge is 0.237 e. The Hall–Kier alpha value is -3.39. The second-order valence-corrected chi connectivity index (χ2v) is 8.21. The maximum atomic E-state index is 13.0. The predicted molar refractivity (Wildman–Crippen MR) is 121 cm³/mol. The van der Waals surface area contributed by atoms with Crippen molar-refractivity contribution in [1.82, 2.24) is 19.8 Å². The summed E-state index contributed by atoms with van der Waals surface area (Å²) in [5.41, 5.74) is 4.66. The van der Waals surface area contributed by atoms with E-state index in [1.54, 1.807) is 11.6 Å². The van der Waals surface area contributed by atoms with Gasteiger partial charge in [0.1, 0.15) is 5.75 Å². The van der Waals surface area contributed by atoms with E-state index >= 15 is 0 Å². The first-order valence-electron chi connectivity index (χ1n) is 10.1. The molecule has 0 unspecified atom stereocenters. The Balaban J connectivity index is 1.35. The topological polar surface area (TPSA) is 72.6 Å². The lowest BCUT2D eigenvalue weighted by Crippen LogP contribution is -2.36. The normalized spacial score (nSPS) is 13.3. The highest BCUT2D eigenvalue weighted by Crippen LogP contribution is 2.28. The van der Waals surface area contributed by atoms with Crippen molar-refractivity contribution >= 4 is 29.0 Å². The van der Waals surface area contributed by atoms with Gasteiger partial charge in [0.05, 0.1) is 18.6 Å². The minimum absolute atomic E-state index is 0.0696. The Morgan fingerprint density at radius 3 is 2.74 bits per heavy atom. The van der Waals surface area contributed by atoms with Gasteiger partial charge in [-0.25, -0.2) is 0 Å². The molecule has 3 heterocycles. The molecule has 0 atom stereocenters. The van der Waals surface area contributed by atoms with Gasteiger partial charge in [-0.1, -0.05) is 30.0 Å². The maximum absolute atomic E-state index is 13.0. The molecule has 1 aliphatic rings. The number of aryl methyl sites for hydroxylation is 1. The predicted octanol–water partition coefficient (Wildman–Crippen LogP) is 3.87. The second-order valence-electron chi connectivity index (χ2n) is 7.27. The first kappa shape index (κ1) is 19.6. The van der Waals surface area contributed by atoms with Gasteiger partial charge in [-0.3, -0.25) is 4.79 Å². The molecule has 7 nitrogen and oxygen atoms in total. The third-order valence-corrected chi connectivity index (χ3v) is 6.26. The van der Waals surface area contributed by atoms with E-state index in [-0.39, 0.29) is 11.7 Å². The van der Waals surface area contributed by atoms with Crippen LogP contribution < -0.4 is 9.64 Å². The Labute approximate surface area is 184 Å². The van der Waals surface area contributed by atoms with Crippen LogP contribution in [0.15, 0.2) is 65.8 Å². The molecule has 0 radical (unpaired) electrons. The molecule has 0 aliphatic carbocycles. The van der Waals surface area contributed by atoms with Crippen molar-refractivity contribution in [2.24, 2.45) is 0 Å². The third-order valence-electron chi connectivity index (χ3n) is 5.36. The molecular weight excluding hydrogens is 410 g/mol. The lowest BCUT2D eigenvalue weighted by molar-refractivity contribution is -0.116. The van der Waals surface area contributed by atoms with E-state index in [1.165, 1.54) is 17.3 Å². The summed E-state index contributed by atoms with van der Waals surface area (Å²) in [7, 11) is 1.64. The molecular formula is C23H21N5O2S. The highest BCUT2D eigenvalue weighted by Gasteiger charge is 2.23. The number of ether oxygens (including phenoxy) is 1. The molecule has 0 saturated carbocycles. The van der Waals surface area contributed by atoms with Crippen LogP contribution in [-0.2, 0) is 11.2 Å². The summed E-state index contributed by atoms with van der Waals surface area (Å²) < 4.78 is 6.92. The van der Waals surface area contributed by atoms with E-state index in [9.17, 15) is 4.79 Å². The molecule has 0 N–H and O–H groups in total. The van der Waals surface area contributed by atoms with E-state index < -0.39 is 0 Å². The van der Waals surface area contributed by atoms with Crippen molar-refractivity contribution < 1.29 is 9.53 Å². The van der Waals surface area contributed by atoms with Crippen molar-refractivity contribution in [3.63, 3.8) is 0 Å². The summed E-state index contributed by atoms with van der Waals surface area (Å²) in [6.45, 7) is 0.747. The van der Waals surface area contributed by atoms with E-state index in [1.807, 2.05) is 59.5 Å². The van der Waals surface area contributed by atoms with Crippen LogP contribution >= 0.6 is 11.8 Å². The van der Waals surface area contributed by atoms with E-state index in [0.29, 0.717) is 10.8 Å². The number of anilines is 1. The van der Waals surface area contributed by atoms with Gasteiger partial charge in [0.2, 0.25) is 11.1 Å². The fourth-order valence-corrected chi connectivity index (χ4v) is 4.54. The summed E-state index contributed by atoms with van der Waals surface area (Å²) in [6.07, 6.45) is 1.99. The Kier molecular flexibility index (Phi) is 5.30. The molecule has 1 amide bonds. The first-order valence-corrected chi connectivity index (χ1v) is 11.1. The fraction of sp³-hybridized carbons (Fsp3) is 0.217.